The number of rotatable bonds is 8. The zero-order valence-corrected chi connectivity index (χ0v) is 12.5. The molecule has 0 aromatic carbocycles. The second-order valence-electron chi connectivity index (χ2n) is 5.60. The Bertz CT molecular complexity index is 393. The Balaban J connectivity index is 2.65. The zero-order valence-electron chi connectivity index (χ0n) is 12.5. The highest BCUT2D eigenvalue weighted by Gasteiger charge is 2.16. The van der Waals surface area contributed by atoms with Crippen molar-refractivity contribution in [1.29, 1.82) is 0 Å². The molecule has 0 unspecified atom stereocenters. The first-order valence-electron chi connectivity index (χ1n) is 6.91. The van der Waals surface area contributed by atoms with Gasteiger partial charge in [0.2, 0.25) is 0 Å². The van der Waals surface area contributed by atoms with Crippen molar-refractivity contribution in [1.82, 2.24) is 9.97 Å². The molecule has 1 heterocycles. The third-order valence-corrected chi connectivity index (χ3v) is 2.93. The second-order valence-corrected chi connectivity index (χ2v) is 5.60. The van der Waals surface area contributed by atoms with Crippen molar-refractivity contribution in [2.45, 2.75) is 40.5 Å². The monoisotopic (exact) mass is 266 g/mol. The van der Waals surface area contributed by atoms with Gasteiger partial charge in [-0.05, 0) is 18.8 Å². The number of hydrogen-bond acceptors (Lipinski definition) is 5. The number of aliphatic hydroxyl groups is 1. The van der Waals surface area contributed by atoms with E-state index in [0.29, 0.717) is 6.54 Å². The van der Waals surface area contributed by atoms with Crippen molar-refractivity contribution in [3.8, 4) is 0 Å². The lowest BCUT2D eigenvalue weighted by atomic mass is 9.88. The van der Waals surface area contributed by atoms with Crippen LogP contribution in [0.2, 0.25) is 0 Å². The maximum Gasteiger partial charge on any atom is 0.131 e. The normalized spacial score (nSPS) is 11.4. The highest BCUT2D eigenvalue weighted by atomic mass is 16.3. The number of aryl methyl sites for hydroxylation is 1. The van der Waals surface area contributed by atoms with Crippen molar-refractivity contribution in [3.05, 3.63) is 11.9 Å². The molecule has 0 aliphatic rings. The van der Waals surface area contributed by atoms with Gasteiger partial charge in [-0.1, -0.05) is 27.2 Å². The Kier molecular flexibility index (Phi) is 6.02. The molecule has 1 rings (SSSR count). The summed E-state index contributed by atoms with van der Waals surface area (Å²) >= 11 is 0. The van der Waals surface area contributed by atoms with E-state index in [2.05, 4.69) is 41.4 Å². The number of aromatic nitrogens is 2. The van der Waals surface area contributed by atoms with Crippen LogP contribution in [-0.2, 0) is 0 Å². The quantitative estimate of drug-likeness (QED) is 0.674. The van der Waals surface area contributed by atoms with Gasteiger partial charge in [-0.15, -0.1) is 0 Å². The second kappa shape index (κ2) is 7.28. The minimum absolute atomic E-state index is 0.0926. The van der Waals surface area contributed by atoms with E-state index >= 15 is 0 Å². The molecule has 108 valence electrons. The fourth-order valence-electron chi connectivity index (χ4n) is 2.03. The van der Waals surface area contributed by atoms with Gasteiger partial charge in [0.25, 0.3) is 0 Å². The van der Waals surface area contributed by atoms with Crippen molar-refractivity contribution < 1.29 is 5.11 Å². The Morgan fingerprint density at radius 3 is 2.42 bits per heavy atom. The van der Waals surface area contributed by atoms with E-state index in [1.54, 1.807) is 0 Å². The average Bonchev–Trinajstić information content (AvgIpc) is 2.33. The number of nitrogens with zero attached hydrogens (tertiary/aromatic N) is 2. The molecule has 0 bridgehead atoms. The molecular weight excluding hydrogens is 240 g/mol. The summed E-state index contributed by atoms with van der Waals surface area (Å²) < 4.78 is 0. The van der Waals surface area contributed by atoms with Gasteiger partial charge in [0, 0.05) is 19.2 Å². The highest BCUT2D eigenvalue weighted by molar-refractivity contribution is 5.47. The van der Waals surface area contributed by atoms with Gasteiger partial charge in [0.1, 0.15) is 17.5 Å². The number of aliphatic hydroxyl groups excluding tert-OH is 1. The largest absolute Gasteiger partial charge is 0.395 e. The van der Waals surface area contributed by atoms with Crippen LogP contribution in [0.4, 0.5) is 11.6 Å². The molecule has 1 aromatic heterocycles. The summed E-state index contributed by atoms with van der Waals surface area (Å²) in [7, 11) is 0. The standard InChI is InChI=1S/C14H26N4O/c1-5-6-14(3,4)10-16-13-9-12(15-7-8-19)17-11(2)18-13/h9,19H,5-8,10H2,1-4H3,(H2,15,16,17,18). The minimum atomic E-state index is 0.0926. The maximum absolute atomic E-state index is 8.81. The highest BCUT2D eigenvalue weighted by Crippen LogP contribution is 2.22. The molecule has 0 saturated carbocycles. The molecule has 0 saturated heterocycles. The van der Waals surface area contributed by atoms with E-state index in [9.17, 15) is 0 Å². The molecule has 0 spiro atoms. The van der Waals surface area contributed by atoms with E-state index in [0.717, 1.165) is 24.0 Å². The van der Waals surface area contributed by atoms with Crippen LogP contribution in [-0.4, -0.2) is 34.8 Å². The van der Waals surface area contributed by atoms with Crippen molar-refractivity contribution in [2.24, 2.45) is 5.41 Å². The van der Waals surface area contributed by atoms with Crippen LogP contribution in [0.15, 0.2) is 6.07 Å². The van der Waals surface area contributed by atoms with Crippen LogP contribution in [0.1, 0.15) is 39.4 Å². The summed E-state index contributed by atoms with van der Waals surface area (Å²) in [6.07, 6.45) is 2.36. The lowest BCUT2D eigenvalue weighted by molar-refractivity contribution is 0.311. The molecule has 0 aliphatic carbocycles. The molecule has 0 fully saturated rings. The maximum atomic E-state index is 8.81. The van der Waals surface area contributed by atoms with E-state index in [-0.39, 0.29) is 12.0 Å². The Labute approximate surface area is 115 Å². The molecule has 0 amide bonds. The molecule has 1 aromatic rings. The fraction of sp³-hybridized carbons (Fsp3) is 0.714. The van der Waals surface area contributed by atoms with Gasteiger partial charge < -0.3 is 15.7 Å². The summed E-state index contributed by atoms with van der Waals surface area (Å²) in [6, 6.07) is 1.88. The predicted molar refractivity (Wildman–Crippen MR) is 79.5 cm³/mol. The van der Waals surface area contributed by atoms with Crippen LogP contribution in [0.3, 0.4) is 0 Å². The Hall–Kier alpha value is -1.36. The van der Waals surface area contributed by atoms with Gasteiger partial charge >= 0.3 is 0 Å². The Morgan fingerprint density at radius 1 is 1.21 bits per heavy atom. The summed E-state index contributed by atoms with van der Waals surface area (Å²) in [6.45, 7) is 10.0. The van der Waals surface area contributed by atoms with Gasteiger partial charge in [0.05, 0.1) is 6.61 Å². The molecule has 0 radical (unpaired) electrons. The molecule has 3 N–H and O–H groups in total. The first-order valence-corrected chi connectivity index (χ1v) is 6.91. The fourth-order valence-corrected chi connectivity index (χ4v) is 2.03. The summed E-state index contributed by atoms with van der Waals surface area (Å²) in [5.41, 5.74) is 0.256. The average molecular weight is 266 g/mol. The topological polar surface area (TPSA) is 70.1 Å². The van der Waals surface area contributed by atoms with Gasteiger partial charge in [0.15, 0.2) is 0 Å². The summed E-state index contributed by atoms with van der Waals surface area (Å²) in [5, 5.41) is 15.2. The third-order valence-electron chi connectivity index (χ3n) is 2.93. The number of hydrogen-bond donors (Lipinski definition) is 3. The van der Waals surface area contributed by atoms with Gasteiger partial charge in [-0.25, -0.2) is 9.97 Å². The number of nitrogens with one attached hydrogen (secondary N) is 2. The van der Waals surface area contributed by atoms with Crippen LogP contribution >= 0.6 is 0 Å². The lowest BCUT2D eigenvalue weighted by Gasteiger charge is -2.24. The molecule has 5 nitrogen and oxygen atoms in total. The lowest BCUT2D eigenvalue weighted by Crippen LogP contribution is -2.23. The zero-order chi connectivity index (χ0) is 14.3. The SMILES string of the molecule is CCCC(C)(C)CNc1cc(NCCO)nc(C)n1. The van der Waals surface area contributed by atoms with E-state index in [1.165, 1.54) is 12.8 Å². The minimum Gasteiger partial charge on any atom is -0.395 e. The summed E-state index contributed by atoms with van der Waals surface area (Å²) in [4.78, 5) is 8.66. The predicted octanol–water partition coefficient (Wildman–Crippen LogP) is 2.43. The van der Waals surface area contributed by atoms with E-state index in [1.807, 2.05) is 13.0 Å². The van der Waals surface area contributed by atoms with Crippen molar-refractivity contribution in [2.75, 3.05) is 30.3 Å². The molecular formula is C14H26N4O. The van der Waals surface area contributed by atoms with E-state index < -0.39 is 0 Å². The molecule has 5 heteroatoms. The first-order chi connectivity index (χ1) is 8.96. The molecule has 0 aliphatic heterocycles. The first kappa shape index (κ1) is 15.7. The van der Waals surface area contributed by atoms with Crippen molar-refractivity contribution in [3.63, 3.8) is 0 Å². The van der Waals surface area contributed by atoms with Gasteiger partial charge in [-0.3, -0.25) is 0 Å². The van der Waals surface area contributed by atoms with E-state index in [4.69, 9.17) is 5.11 Å². The van der Waals surface area contributed by atoms with Crippen molar-refractivity contribution >= 4 is 11.6 Å². The Morgan fingerprint density at radius 2 is 1.84 bits per heavy atom. The smallest absolute Gasteiger partial charge is 0.131 e. The van der Waals surface area contributed by atoms with Crippen LogP contribution in [0, 0.1) is 12.3 Å². The van der Waals surface area contributed by atoms with Crippen LogP contribution in [0.25, 0.3) is 0 Å². The third kappa shape index (κ3) is 5.87. The van der Waals surface area contributed by atoms with Gasteiger partial charge in [-0.2, -0.15) is 0 Å². The molecule has 19 heavy (non-hydrogen) atoms. The number of anilines is 2. The molecule has 0 atom stereocenters. The summed E-state index contributed by atoms with van der Waals surface area (Å²) in [5.74, 6) is 2.30. The van der Waals surface area contributed by atoms with Crippen LogP contribution in [0.5, 0.6) is 0 Å². The van der Waals surface area contributed by atoms with Crippen LogP contribution < -0.4 is 10.6 Å².